The van der Waals surface area contributed by atoms with Gasteiger partial charge in [-0.25, -0.2) is 0 Å². The molecule has 3 aliphatic heterocycles. The zero-order chi connectivity index (χ0) is 10.3. The van der Waals surface area contributed by atoms with Crippen molar-refractivity contribution in [3.05, 3.63) is 5.89 Å². The normalized spacial score (nSPS) is 34.3. The smallest absolute Gasteiger partial charge is 0.353 e. The largest absolute Gasteiger partial charge is 0.465 e. The Morgan fingerprint density at radius 3 is 2.73 bits per heavy atom. The highest BCUT2D eigenvalue weighted by molar-refractivity contribution is 5.04. The fourth-order valence-corrected chi connectivity index (χ4v) is 2.70. The minimum Gasteiger partial charge on any atom is -0.465 e. The van der Waals surface area contributed by atoms with Crippen molar-refractivity contribution in [3.63, 3.8) is 0 Å². The van der Waals surface area contributed by atoms with Crippen LogP contribution in [0, 0.1) is 5.92 Å². The molecule has 15 heavy (non-hydrogen) atoms. The van der Waals surface area contributed by atoms with Gasteiger partial charge in [-0.3, -0.25) is 0 Å². The van der Waals surface area contributed by atoms with E-state index < -0.39 is 0 Å². The molecule has 5 nitrogen and oxygen atoms in total. The van der Waals surface area contributed by atoms with E-state index in [-0.39, 0.29) is 0 Å². The molecule has 1 aromatic heterocycles. The summed E-state index contributed by atoms with van der Waals surface area (Å²) in [6.45, 7) is 3.52. The summed E-state index contributed by atoms with van der Waals surface area (Å²) in [5.74, 6) is 1.89. The van der Waals surface area contributed by atoms with E-state index in [9.17, 15) is 0 Å². The number of hydrogen-bond acceptors (Lipinski definition) is 5. The zero-order valence-corrected chi connectivity index (χ0v) is 8.85. The van der Waals surface area contributed by atoms with Crippen LogP contribution in [0.25, 0.3) is 0 Å². The van der Waals surface area contributed by atoms with Crippen LogP contribution in [0.3, 0.4) is 0 Å². The first-order valence-electron chi connectivity index (χ1n) is 5.47. The Labute approximate surface area is 88.4 Å². The molecule has 0 amide bonds. The predicted molar refractivity (Wildman–Crippen MR) is 52.8 cm³/mol. The summed E-state index contributed by atoms with van der Waals surface area (Å²) in [5, 5.41) is 3.77. The maximum absolute atomic E-state index is 5.23. The molecule has 3 aliphatic rings. The summed E-state index contributed by atoms with van der Waals surface area (Å²) >= 11 is 0. The predicted octanol–water partition coefficient (Wildman–Crippen LogP) is 0.887. The van der Waals surface area contributed by atoms with Crippen molar-refractivity contribution in [2.75, 3.05) is 26.7 Å². The lowest BCUT2D eigenvalue weighted by molar-refractivity contribution is 0.0727. The van der Waals surface area contributed by atoms with Gasteiger partial charge in [-0.15, -0.1) is 0 Å². The van der Waals surface area contributed by atoms with Crippen LogP contribution >= 0.6 is 0 Å². The molecule has 1 atom stereocenters. The van der Waals surface area contributed by atoms with E-state index in [2.05, 4.69) is 15.0 Å². The molecular weight excluding hydrogens is 194 g/mol. The Morgan fingerprint density at radius 2 is 2.20 bits per heavy atom. The third-order valence-corrected chi connectivity index (χ3v) is 3.58. The number of hydrogen-bond donors (Lipinski definition) is 0. The minimum atomic E-state index is 0.349. The van der Waals surface area contributed by atoms with Crippen LogP contribution in [-0.4, -0.2) is 41.8 Å². The zero-order valence-electron chi connectivity index (χ0n) is 8.85. The third kappa shape index (κ3) is 1.51. The van der Waals surface area contributed by atoms with Gasteiger partial charge in [-0.2, -0.15) is 4.98 Å². The van der Waals surface area contributed by atoms with Crippen molar-refractivity contribution in [2.24, 2.45) is 5.92 Å². The number of methoxy groups -OCH3 is 1. The molecule has 3 saturated heterocycles. The highest BCUT2D eigenvalue weighted by Crippen LogP contribution is 2.38. The molecule has 0 spiro atoms. The first-order valence-corrected chi connectivity index (χ1v) is 5.47. The summed E-state index contributed by atoms with van der Waals surface area (Å²) < 4.78 is 10.2. The van der Waals surface area contributed by atoms with Gasteiger partial charge >= 0.3 is 6.01 Å². The summed E-state index contributed by atoms with van der Waals surface area (Å²) in [7, 11) is 1.56. The van der Waals surface area contributed by atoms with E-state index in [1.807, 2.05) is 0 Å². The SMILES string of the molecule is COc1noc(C2CN3CCC2CC3)n1. The van der Waals surface area contributed by atoms with E-state index in [4.69, 9.17) is 9.26 Å². The van der Waals surface area contributed by atoms with E-state index >= 15 is 0 Å². The fourth-order valence-electron chi connectivity index (χ4n) is 2.70. The molecule has 4 heterocycles. The lowest BCUT2D eigenvalue weighted by Gasteiger charge is -2.43. The minimum absolute atomic E-state index is 0.349. The molecule has 0 N–H and O–H groups in total. The summed E-state index contributed by atoms with van der Waals surface area (Å²) in [6.07, 6.45) is 2.52. The molecule has 0 saturated carbocycles. The molecule has 82 valence electrons. The van der Waals surface area contributed by atoms with E-state index in [0.29, 0.717) is 11.9 Å². The number of piperidine rings is 3. The van der Waals surface area contributed by atoms with Crippen molar-refractivity contribution >= 4 is 0 Å². The van der Waals surface area contributed by atoms with Gasteiger partial charge in [0, 0.05) is 6.54 Å². The highest BCUT2D eigenvalue weighted by atomic mass is 16.5. The highest BCUT2D eigenvalue weighted by Gasteiger charge is 2.38. The van der Waals surface area contributed by atoms with Crippen molar-refractivity contribution in [3.8, 4) is 6.01 Å². The summed E-state index contributed by atoms with van der Waals surface area (Å²) in [5.41, 5.74) is 0. The average molecular weight is 209 g/mol. The van der Waals surface area contributed by atoms with Gasteiger partial charge in [0.1, 0.15) is 0 Å². The van der Waals surface area contributed by atoms with Gasteiger partial charge in [0.05, 0.1) is 13.0 Å². The number of rotatable bonds is 2. The van der Waals surface area contributed by atoms with Gasteiger partial charge in [-0.05, 0) is 37.0 Å². The molecule has 1 unspecified atom stereocenters. The Bertz CT molecular complexity index is 344. The van der Waals surface area contributed by atoms with Crippen LogP contribution in [0.5, 0.6) is 6.01 Å². The van der Waals surface area contributed by atoms with Crippen molar-refractivity contribution in [1.29, 1.82) is 0 Å². The fraction of sp³-hybridized carbons (Fsp3) is 0.800. The van der Waals surface area contributed by atoms with Gasteiger partial charge in [0.25, 0.3) is 0 Å². The average Bonchev–Trinajstić information content (AvgIpc) is 2.79. The standard InChI is InChI=1S/C10H15N3O2/c1-14-10-11-9(15-12-10)8-6-13-4-2-7(8)3-5-13/h7-8H,2-6H2,1H3. The van der Waals surface area contributed by atoms with Crippen molar-refractivity contribution in [1.82, 2.24) is 15.0 Å². The summed E-state index contributed by atoms with van der Waals surface area (Å²) in [6, 6.07) is 0.349. The number of fused-ring (bicyclic) bond motifs is 3. The molecule has 0 aromatic carbocycles. The van der Waals surface area contributed by atoms with Crippen LogP contribution in [-0.2, 0) is 0 Å². The van der Waals surface area contributed by atoms with Crippen LogP contribution in [0.15, 0.2) is 4.52 Å². The topological polar surface area (TPSA) is 51.4 Å². The van der Waals surface area contributed by atoms with E-state index in [1.165, 1.54) is 25.9 Å². The second-order valence-corrected chi connectivity index (χ2v) is 4.36. The number of aromatic nitrogens is 2. The lowest BCUT2D eigenvalue weighted by atomic mass is 9.79. The van der Waals surface area contributed by atoms with E-state index in [0.717, 1.165) is 18.4 Å². The summed E-state index contributed by atoms with van der Waals surface area (Å²) in [4.78, 5) is 6.72. The Balaban J connectivity index is 1.81. The molecule has 0 aliphatic carbocycles. The van der Waals surface area contributed by atoms with Gasteiger partial charge in [-0.1, -0.05) is 0 Å². The maximum atomic E-state index is 5.23. The number of ether oxygens (including phenoxy) is 1. The second kappa shape index (κ2) is 3.48. The Morgan fingerprint density at radius 1 is 1.40 bits per heavy atom. The third-order valence-electron chi connectivity index (χ3n) is 3.58. The first kappa shape index (κ1) is 9.15. The first-order chi connectivity index (χ1) is 7.36. The number of nitrogens with zero attached hydrogens (tertiary/aromatic N) is 3. The molecule has 2 bridgehead atoms. The lowest BCUT2D eigenvalue weighted by Crippen LogP contribution is -2.46. The molecule has 4 rings (SSSR count). The molecule has 0 radical (unpaired) electrons. The second-order valence-electron chi connectivity index (χ2n) is 4.36. The Kier molecular flexibility index (Phi) is 2.12. The molecule has 5 heteroatoms. The van der Waals surface area contributed by atoms with Crippen LogP contribution < -0.4 is 4.74 Å². The Hall–Kier alpha value is -1.10. The van der Waals surface area contributed by atoms with Gasteiger partial charge in [0.15, 0.2) is 0 Å². The molecule has 1 aromatic rings. The van der Waals surface area contributed by atoms with Crippen molar-refractivity contribution in [2.45, 2.75) is 18.8 Å². The van der Waals surface area contributed by atoms with Crippen molar-refractivity contribution < 1.29 is 9.26 Å². The maximum Gasteiger partial charge on any atom is 0.353 e. The van der Waals surface area contributed by atoms with Gasteiger partial charge < -0.3 is 14.2 Å². The van der Waals surface area contributed by atoms with Crippen LogP contribution in [0.4, 0.5) is 0 Å². The van der Waals surface area contributed by atoms with Gasteiger partial charge in [0.2, 0.25) is 5.89 Å². The quantitative estimate of drug-likeness (QED) is 0.724. The molecular formula is C10H15N3O2. The molecule has 3 fully saturated rings. The van der Waals surface area contributed by atoms with Crippen LogP contribution in [0.2, 0.25) is 0 Å². The monoisotopic (exact) mass is 209 g/mol. The van der Waals surface area contributed by atoms with E-state index in [1.54, 1.807) is 7.11 Å². The van der Waals surface area contributed by atoms with Crippen LogP contribution in [0.1, 0.15) is 24.7 Å².